The fourth-order valence-electron chi connectivity index (χ4n) is 2.91. The zero-order chi connectivity index (χ0) is 15.1. The molecule has 22 heavy (non-hydrogen) atoms. The van der Waals surface area contributed by atoms with E-state index in [1.54, 1.807) is 29.4 Å². The minimum Gasteiger partial charge on any atom is -0.461 e. The van der Waals surface area contributed by atoms with Crippen molar-refractivity contribution in [2.75, 3.05) is 4.90 Å². The normalized spacial score (nSPS) is 16.8. The van der Waals surface area contributed by atoms with E-state index >= 15 is 0 Å². The van der Waals surface area contributed by atoms with E-state index in [0.717, 1.165) is 12.1 Å². The van der Waals surface area contributed by atoms with Gasteiger partial charge in [0.25, 0.3) is 5.91 Å². The maximum Gasteiger partial charge on any atom is 0.280 e. The molecule has 0 N–H and O–H groups in total. The van der Waals surface area contributed by atoms with Gasteiger partial charge in [-0.05, 0) is 37.1 Å². The van der Waals surface area contributed by atoms with E-state index in [2.05, 4.69) is 11.2 Å². The van der Waals surface area contributed by atoms with Crippen LogP contribution in [-0.2, 0) is 6.42 Å². The first-order valence-electron chi connectivity index (χ1n) is 7.16. The summed E-state index contributed by atoms with van der Waals surface area (Å²) in [6.07, 6.45) is 2.41. The van der Waals surface area contributed by atoms with Gasteiger partial charge in [-0.1, -0.05) is 23.4 Å². The first-order valence-corrected chi connectivity index (χ1v) is 7.16. The van der Waals surface area contributed by atoms with Gasteiger partial charge in [0.05, 0.1) is 6.26 Å². The second-order valence-electron chi connectivity index (χ2n) is 5.41. The van der Waals surface area contributed by atoms with Crippen LogP contribution in [0.4, 0.5) is 5.69 Å². The van der Waals surface area contributed by atoms with Gasteiger partial charge >= 0.3 is 0 Å². The largest absolute Gasteiger partial charge is 0.461 e. The molecule has 1 amide bonds. The van der Waals surface area contributed by atoms with Crippen molar-refractivity contribution in [3.63, 3.8) is 0 Å². The highest BCUT2D eigenvalue weighted by molar-refractivity contribution is 6.06. The van der Waals surface area contributed by atoms with Gasteiger partial charge in [0, 0.05) is 17.8 Å². The molecule has 2 aromatic heterocycles. The fraction of sp³-hybridized carbons (Fsp3) is 0.176. The molecule has 0 aliphatic carbocycles. The number of fused-ring (bicyclic) bond motifs is 1. The van der Waals surface area contributed by atoms with Crippen molar-refractivity contribution >= 4 is 11.6 Å². The predicted octanol–water partition coefficient (Wildman–Crippen LogP) is 3.53. The summed E-state index contributed by atoms with van der Waals surface area (Å²) in [5.41, 5.74) is 2.41. The molecule has 3 heterocycles. The van der Waals surface area contributed by atoms with Gasteiger partial charge in [0.15, 0.2) is 11.5 Å². The quantitative estimate of drug-likeness (QED) is 0.725. The minimum absolute atomic E-state index is 0.105. The summed E-state index contributed by atoms with van der Waals surface area (Å²) in [5.74, 6) is 0.855. The van der Waals surface area contributed by atoms with E-state index < -0.39 is 0 Å². The summed E-state index contributed by atoms with van der Waals surface area (Å²) in [7, 11) is 0. The molecule has 0 bridgehead atoms. The smallest absolute Gasteiger partial charge is 0.280 e. The number of carbonyl (C=O) groups excluding carboxylic acids is 1. The highest BCUT2D eigenvalue weighted by atomic mass is 16.5. The Kier molecular flexibility index (Phi) is 2.85. The van der Waals surface area contributed by atoms with Crippen LogP contribution in [0.3, 0.4) is 0 Å². The van der Waals surface area contributed by atoms with Gasteiger partial charge in [0.1, 0.15) is 0 Å². The number of rotatable bonds is 2. The molecule has 0 spiro atoms. The van der Waals surface area contributed by atoms with E-state index in [0.29, 0.717) is 11.5 Å². The molecule has 1 atom stereocenters. The predicted molar refractivity (Wildman–Crippen MR) is 80.6 cm³/mol. The lowest BCUT2D eigenvalue weighted by molar-refractivity contribution is 0.0973. The summed E-state index contributed by atoms with van der Waals surface area (Å²) in [5, 5.41) is 3.90. The van der Waals surface area contributed by atoms with E-state index in [1.807, 2.05) is 25.1 Å². The molecule has 0 saturated heterocycles. The number of aromatic nitrogens is 1. The average molecular weight is 294 g/mol. The summed E-state index contributed by atoms with van der Waals surface area (Å²) in [6, 6.07) is 13.2. The van der Waals surface area contributed by atoms with Crippen molar-refractivity contribution in [1.82, 2.24) is 5.16 Å². The Hall–Kier alpha value is -2.82. The van der Waals surface area contributed by atoms with Crippen LogP contribution in [0.5, 0.6) is 0 Å². The molecular weight excluding hydrogens is 280 g/mol. The Bertz CT molecular complexity index is 820. The number of anilines is 1. The number of para-hydroxylation sites is 1. The van der Waals surface area contributed by atoms with Crippen LogP contribution in [0.15, 0.2) is 57.7 Å². The zero-order valence-corrected chi connectivity index (χ0v) is 12.0. The lowest BCUT2D eigenvalue weighted by Crippen LogP contribution is -2.35. The van der Waals surface area contributed by atoms with Gasteiger partial charge in [-0.15, -0.1) is 0 Å². The molecule has 0 fully saturated rings. The number of carbonyl (C=O) groups is 1. The van der Waals surface area contributed by atoms with Gasteiger partial charge in [-0.25, -0.2) is 0 Å². The summed E-state index contributed by atoms with van der Waals surface area (Å²) in [6.45, 7) is 2.03. The van der Waals surface area contributed by atoms with Gasteiger partial charge in [-0.2, -0.15) is 0 Å². The highest BCUT2D eigenvalue weighted by Gasteiger charge is 2.32. The van der Waals surface area contributed by atoms with Crippen molar-refractivity contribution in [3.05, 3.63) is 60.0 Å². The first kappa shape index (κ1) is 12.9. The third-order valence-electron chi connectivity index (χ3n) is 3.92. The molecule has 4 rings (SSSR count). The SMILES string of the molecule is CC1Cc2ccccc2N1C(=O)c1cc(-c2ccco2)on1. The standard InChI is InChI=1S/C17H14N2O3/c1-11-9-12-5-2-3-6-14(12)19(11)17(20)13-10-16(22-18-13)15-7-4-8-21-15/h2-8,10-11H,9H2,1H3. The van der Waals surface area contributed by atoms with E-state index in [9.17, 15) is 4.79 Å². The third-order valence-corrected chi connectivity index (χ3v) is 3.92. The third kappa shape index (κ3) is 1.94. The maximum absolute atomic E-state index is 12.8. The Morgan fingerprint density at radius 2 is 2.09 bits per heavy atom. The number of benzene rings is 1. The van der Waals surface area contributed by atoms with Crippen LogP contribution < -0.4 is 4.90 Å². The summed E-state index contributed by atoms with van der Waals surface area (Å²) >= 11 is 0. The average Bonchev–Trinajstić information content (AvgIpc) is 3.25. The van der Waals surface area contributed by atoms with Crippen LogP contribution in [0.25, 0.3) is 11.5 Å². The van der Waals surface area contributed by atoms with Crippen molar-refractivity contribution in [2.24, 2.45) is 0 Å². The highest BCUT2D eigenvalue weighted by Crippen LogP contribution is 2.33. The van der Waals surface area contributed by atoms with Crippen LogP contribution in [0.1, 0.15) is 23.0 Å². The number of furan rings is 1. The molecule has 0 radical (unpaired) electrons. The number of hydrogen-bond acceptors (Lipinski definition) is 4. The molecule has 1 aromatic carbocycles. The van der Waals surface area contributed by atoms with Crippen LogP contribution in [-0.4, -0.2) is 17.1 Å². The van der Waals surface area contributed by atoms with Gasteiger partial charge in [0.2, 0.25) is 5.76 Å². The van der Waals surface area contributed by atoms with E-state index in [-0.39, 0.29) is 17.6 Å². The fourth-order valence-corrected chi connectivity index (χ4v) is 2.91. The molecule has 5 heteroatoms. The summed E-state index contributed by atoms with van der Waals surface area (Å²) in [4.78, 5) is 14.6. The molecule has 0 saturated carbocycles. The van der Waals surface area contributed by atoms with Crippen molar-refractivity contribution < 1.29 is 13.7 Å². The monoisotopic (exact) mass is 294 g/mol. The molecule has 1 unspecified atom stereocenters. The second kappa shape index (κ2) is 4.87. The molecule has 5 nitrogen and oxygen atoms in total. The number of amides is 1. The summed E-state index contributed by atoms with van der Waals surface area (Å²) < 4.78 is 10.5. The Morgan fingerprint density at radius 1 is 1.23 bits per heavy atom. The second-order valence-corrected chi connectivity index (χ2v) is 5.41. The first-order chi connectivity index (χ1) is 10.7. The van der Waals surface area contributed by atoms with E-state index in [1.165, 1.54) is 5.56 Å². The molecule has 3 aromatic rings. The minimum atomic E-state index is -0.154. The molecule has 110 valence electrons. The topological polar surface area (TPSA) is 59.5 Å². The van der Waals surface area contributed by atoms with Crippen LogP contribution in [0, 0.1) is 0 Å². The Labute approximate surface area is 127 Å². The zero-order valence-electron chi connectivity index (χ0n) is 12.0. The maximum atomic E-state index is 12.8. The lowest BCUT2D eigenvalue weighted by atomic mass is 10.1. The molecule has 1 aliphatic heterocycles. The van der Waals surface area contributed by atoms with Crippen LogP contribution in [0.2, 0.25) is 0 Å². The lowest BCUT2D eigenvalue weighted by Gasteiger charge is -2.21. The van der Waals surface area contributed by atoms with E-state index in [4.69, 9.17) is 8.94 Å². The van der Waals surface area contributed by atoms with Crippen molar-refractivity contribution in [2.45, 2.75) is 19.4 Å². The Morgan fingerprint density at radius 3 is 2.91 bits per heavy atom. The van der Waals surface area contributed by atoms with Crippen molar-refractivity contribution in [1.29, 1.82) is 0 Å². The van der Waals surface area contributed by atoms with Crippen LogP contribution >= 0.6 is 0 Å². The Balaban J connectivity index is 1.68. The number of nitrogens with zero attached hydrogens (tertiary/aromatic N) is 2. The number of hydrogen-bond donors (Lipinski definition) is 0. The molecular formula is C17H14N2O3. The molecule has 1 aliphatic rings. The van der Waals surface area contributed by atoms with Gasteiger partial charge in [-0.3, -0.25) is 4.79 Å². The van der Waals surface area contributed by atoms with Gasteiger partial charge < -0.3 is 13.8 Å². The van der Waals surface area contributed by atoms with Crippen molar-refractivity contribution in [3.8, 4) is 11.5 Å².